The number of aliphatic imine (C=N–C) groups is 1. The molecule has 0 atom stereocenters. The van der Waals surface area contributed by atoms with Gasteiger partial charge in [0.05, 0.1) is 12.2 Å². The number of aromatic nitrogens is 1. The van der Waals surface area contributed by atoms with Crippen molar-refractivity contribution in [1.82, 2.24) is 25.4 Å². The molecule has 2 N–H and O–H groups in total. The Morgan fingerprint density at radius 2 is 2.08 bits per heavy atom. The number of hydrogen-bond acceptors (Lipinski definition) is 5. The van der Waals surface area contributed by atoms with E-state index in [9.17, 15) is 0 Å². The lowest BCUT2D eigenvalue weighted by molar-refractivity contribution is 0.280. The molecule has 0 amide bonds. The molecule has 25 heavy (non-hydrogen) atoms. The molecule has 6 nitrogen and oxygen atoms in total. The second kappa shape index (κ2) is 12.0. The molecule has 0 aliphatic carbocycles. The van der Waals surface area contributed by atoms with Crippen LogP contribution in [0.15, 0.2) is 10.4 Å². The Morgan fingerprint density at radius 1 is 1.28 bits per heavy atom. The SMILES string of the molecule is CN=C(NCCN1CCCN(C)CC1)NCc1nc(C(C)C)cs1.I. The van der Waals surface area contributed by atoms with E-state index in [-0.39, 0.29) is 24.0 Å². The lowest BCUT2D eigenvalue weighted by Crippen LogP contribution is -2.42. The number of rotatable bonds is 6. The quantitative estimate of drug-likeness (QED) is 0.372. The van der Waals surface area contributed by atoms with Crippen LogP contribution in [0.5, 0.6) is 0 Å². The van der Waals surface area contributed by atoms with E-state index < -0.39 is 0 Å². The highest BCUT2D eigenvalue weighted by atomic mass is 127. The van der Waals surface area contributed by atoms with Crippen molar-refractivity contribution in [2.75, 3.05) is 53.4 Å². The van der Waals surface area contributed by atoms with Crippen LogP contribution in [0.2, 0.25) is 0 Å². The highest BCUT2D eigenvalue weighted by Gasteiger charge is 2.11. The molecule has 1 aliphatic heterocycles. The lowest BCUT2D eigenvalue weighted by Gasteiger charge is -2.20. The molecule has 1 aromatic rings. The molecule has 0 saturated carbocycles. The largest absolute Gasteiger partial charge is 0.355 e. The molecule has 0 aromatic carbocycles. The molecule has 1 aromatic heterocycles. The predicted molar refractivity (Wildman–Crippen MR) is 118 cm³/mol. The van der Waals surface area contributed by atoms with Crippen molar-refractivity contribution in [3.05, 3.63) is 16.1 Å². The number of guanidine groups is 1. The topological polar surface area (TPSA) is 55.8 Å². The van der Waals surface area contributed by atoms with Gasteiger partial charge in [-0.1, -0.05) is 13.8 Å². The summed E-state index contributed by atoms with van der Waals surface area (Å²) in [5.74, 6) is 1.34. The fourth-order valence-electron chi connectivity index (χ4n) is 2.71. The minimum Gasteiger partial charge on any atom is -0.355 e. The van der Waals surface area contributed by atoms with Crippen LogP contribution in [-0.4, -0.2) is 74.1 Å². The predicted octanol–water partition coefficient (Wildman–Crippen LogP) is 2.19. The number of likely N-dealkylation sites (N-methyl/N-ethyl adjacent to an activating group) is 1. The molecule has 0 radical (unpaired) electrons. The van der Waals surface area contributed by atoms with Crippen LogP contribution in [0.25, 0.3) is 0 Å². The van der Waals surface area contributed by atoms with Gasteiger partial charge >= 0.3 is 0 Å². The molecule has 1 saturated heterocycles. The normalized spacial score (nSPS) is 17.2. The van der Waals surface area contributed by atoms with E-state index in [0.717, 1.165) is 43.7 Å². The smallest absolute Gasteiger partial charge is 0.191 e. The van der Waals surface area contributed by atoms with E-state index >= 15 is 0 Å². The van der Waals surface area contributed by atoms with Crippen molar-refractivity contribution in [2.45, 2.75) is 32.7 Å². The van der Waals surface area contributed by atoms with Crippen LogP contribution in [0, 0.1) is 0 Å². The van der Waals surface area contributed by atoms with Crippen molar-refractivity contribution in [3.8, 4) is 0 Å². The van der Waals surface area contributed by atoms with Crippen LogP contribution in [-0.2, 0) is 6.54 Å². The van der Waals surface area contributed by atoms with Crippen LogP contribution >= 0.6 is 35.3 Å². The third-order valence-electron chi connectivity index (χ3n) is 4.32. The van der Waals surface area contributed by atoms with E-state index in [1.807, 2.05) is 7.05 Å². The van der Waals surface area contributed by atoms with Crippen molar-refractivity contribution in [1.29, 1.82) is 0 Å². The molecular formula is C17H33IN6S. The Labute approximate surface area is 173 Å². The lowest BCUT2D eigenvalue weighted by atomic mass is 10.2. The molecule has 0 spiro atoms. The van der Waals surface area contributed by atoms with Gasteiger partial charge in [0.25, 0.3) is 0 Å². The van der Waals surface area contributed by atoms with Gasteiger partial charge in [0, 0.05) is 38.6 Å². The van der Waals surface area contributed by atoms with E-state index in [1.54, 1.807) is 11.3 Å². The van der Waals surface area contributed by atoms with Gasteiger partial charge < -0.3 is 20.4 Å². The van der Waals surface area contributed by atoms with Gasteiger partial charge in [-0.3, -0.25) is 4.99 Å². The summed E-state index contributed by atoms with van der Waals surface area (Å²) in [5.41, 5.74) is 1.17. The molecule has 144 valence electrons. The fourth-order valence-corrected chi connectivity index (χ4v) is 3.60. The standard InChI is InChI=1S/C17H32N6S.HI/c1-14(2)15-13-24-16(21-15)12-20-17(18-3)19-6-9-23-8-5-7-22(4)10-11-23;/h13-14H,5-12H2,1-4H3,(H2,18,19,20);1H. The van der Waals surface area contributed by atoms with Gasteiger partial charge in [-0.15, -0.1) is 35.3 Å². The number of nitrogens with zero attached hydrogens (tertiary/aromatic N) is 4. The summed E-state index contributed by atoms with van der Waals surface area (Å²) in [6.45, 7) is 11.8. The number of hydrogen-bond donors (Lipinski definition) is 2. The molecule has 1 aliphatic rings. The maximum Gasteiger partial charge on any atom is 0.191 e. The molecule has 8 heteroatoms. The highest BCUT2D eigenvalue weighted by Crippen LogP contribution is 2.17. The first-order chi connectivity index (χ1) is 11.6. The van der Waals surface area contributed by atoms with Crippen molar-refractivity contribution >= 4 is 41.3 Å². The fraction of sp³-hybridized carbons (Fsp3) is 0.765. The highest BCUT2D eigenvalue weighted by molar-refractivity contribution is 14.0. The van der Waals surface area contributed by atoms with Crippen LogP contribution < -0.4 is 10.6 Å². The Balaban J connectivity index is 0.00000312. The first-order valence-electron chi connectivity index (χ1n) is 8.88. The molecular weight excluding hydrogens is 447 g/mol. The molecule has 2 heterocycles. The monoisotopic (exact) mass is 480 g/mol. The van der Waals surface area contributed by atoms with Crippen molar-refractivity contribution < 1.29 is 0 Å². The third-order valence-corrected chi connectivity index (χ3v) is 5.19. The zero-order valence-electron chi connectivity index (χ0n) is 15.9. The van der Waals surface area contributed by atoms with Gasteiger partial charge in [0.2, 0.25) is 0 Å². The third kappa shape index (κ3) is 8.19. The number of nitrogens with one attached hydrogen (secondary N) is 2. The minimum absolute atomic E-state index is 0. The second-order valence-corrected chi connectivity index (χ2v) is 7.61. The molecule has 2 rings (SSSR count). The van der Waals surface area contributed by atoms with Crippen molar-refractivity contribution in [3.63, 3.8) is 0 Å². The van der Waals surface area contributed by atoms with Crippen LogP contribution in [0.4, 0.5) is 0 Å². The summed E-state index contributed by atoms with van der Waals surface area (Å²) in [6, 6.07) is 0. The number of thiazole rings is 1. The Hall–Kier alpha value is -0.450. The zero-order valence-corrected chi connectivity index (χ0v) is 19.1. The first-order valence-corrected chi connectivity index (χ1v) is 9.76. The molecule has 0 bridgehead atoms. The van der Waals surface area contributed by atoms with Gasteiger partial charge in [-0.25, -0.2) is 4.98 Å². The van der Waals surface area contributed by atoms with Gasteiger partial charge in [-0.2, -0.15) is 0 Å². The summed E-state index contributed by atoms with van der Waals surface area (Å²) >= 11 is 1.71. The van der Waals surface area contributed by atoms with Crippen molar-refractivity contribution in [2.24, 2.45) is 4.99 Å². The Kier molecular flexibility index (Phi) is 10.9. The minimum atomic E-state index is 0. The maximum absolute atomic E-state index is 4.65. The van der Waals surface area contributed by atoms with Gasteiger partial charge in [-0.05, 0) is 32.5 Å². The summed E-state index contributed by atoms with van der Waals surface area (Å²) in [4.78, 5) is 13.9. The molecule has 1 fully saturated rings. The van der Waals surface area contributed by atoms with E-state index in [4.69, 9.17) is 0 Å². The Morgan fingerprint density at radius 3 is 2.76 bits per heavy atom. The summed E-state index contributed by atoms with van der Waals surface area (Å²) in [6.07, 6.45) is 1.26. The average Bonchev–Trinajstić information content (AvgIpc) is 2.95. The van der Waals surface area contributed by atoms with E-state index in [2.05, 4.69) is 56.7 Å². The first kappa shape index (κ1) is 22.6. The number of halogens is 1. The Bertz CT molecular complexity index is 519. The summed E-state index contributed by atoms with van der Waals surface area (Å²) in [7, 11) is 4.02. The summed E-state index contributed by atoms with van der Waals surface area (Å²) < 4.78 is 0. The maximum atomic E-state index is 4.65. The van der Waals surface area contributed by atoms with E-state index in [0.29, 0.717) is 5.92 Å². The second-order valence-electron chi connectivity index (χ2n) is 6.67. The van der Waals surface area contributed by atoms with Gasteiger partial charge in [0.1, 0.15) is 5.01 Å². The van der Waals surface area contributed by atoms with E-state index in [1.165, 1.54) is 25.2 Å². The van der Waals surface area contributed by atoms with Gasteiger partial charge in [0.15, 0.2) is 5.96 Å². The average molecular weight is 480 g/mol. The molecule has 0 unspecified atom stereocenters. The van der Waals surface area contributed by atoms with Crippen LogP contribution in [0.3, 0.4) is 0 Å². The zero-order chi connectivity index (χ0) is 17.4. The summed E-state index contributed by atoms with van der Waals surface area (Å²) in [5, 5.41) is 10.0. The van der Waals surface area contributed by atoms with Crippen LogP contribution in [0.1, 0.15) is 36.9 Å².